The Bertz CT molecular complexity index is 790. The minimum Gasteiger partial charge on any atom is -0.462 e. The topological polar surface area (TPSA) is 61.2 Å². The van der Waals surface area contributed by atoms with E-state index in [2.05, 4.69) is 4.98 Å². The third-order valence-electron chi connectivity index (χ3n) is 3.38. The minimum atomic E-state index is -1.01. The van der Waals surface area contributed by atoms with E-state index in [1.807, 2.05) is 0 Å². The molecule has 0 N–H and O–H groups in total. The molecule has 0 aliphatic heterocycles. The number of carbonyl (C=O) groups is 1. The molecule has 1 aliphatic rings. The summed E-state index contributed by atoms with van der Waals surface area (Å²) in [6.45, 7) is 1.81. The summed E-state index contributed by atoms with van der Waals surface area (Å²) < 4.78 is 19.8. The van der Waals surface area contributed by atoms with Gasteiger partial charge in [-0.1, -0.05) is 11.6 Å². The van der Waals surface area contributed by atoms with Crippen LogP contribution in [0.4, 0.5) is 4.39 Å². The van der Waals surface area contributed by atoms with Crippen LogP contribution >= 0.6 is 11.6 Å². The lowest BCUT2D eigenvalue weighted by Gasteiger charge is -2.11. The largest absolute Gasteiger partial charge is 0.462 e. The molecule has 3 rings (SSSR count). The normalized spacial score (nSPS) is 20.5. The highest BCUT2D eigenvalue weighted by molar-refractivity contribution is 6.29. The molecule has 5 nitrogen and oxygen atoms in total. The summed E-state index contributed by atoms with van der Waals surface area (Å²) in [6, 6.07) is 2.53. The molecule has 0 spiro atoms. The van der Waals surface area contributed by atoms with Crippen LogP contribution in [-0.2, 0) is 4.74 Å². The van der Waals surface area contributed by atoms with Crippen LogP contribution in [0.15, 0.2) is 23.1 Å². The molecule has 21 heavy (non-hydrogen) atoms. The van der Waals surface area contributed by atoms with E-state index < -0.39 is 23.6 Å². The van der Waals surface area contributed by atoms with E-state index in [9.17, 15) is 14.0 Å². The molecule has 0 unspecified atom stereocenters. The number of pyridine rings is 2. The third kappa shape index (κ3) is 2.40. The number of rotatable bonds is 3. The first-order chi connectivity index (χ1) is 10.0. The average Bonchev–Trinajstić information content (AvgIpc) is 3.16. The Morgan fingerprint density at radius 1 is 1.57 bits per heavy atom. The molecule has 2 heterocycles. The van der Waals surface area contributed by atoms with Crippen LogP contribution in [-0.4, -0.2) is 28.3 Å². The van der Waals surface area contributed by atoms with Crippen molar-refractivity contribution in [1.29, 1.82) is 0 Å². The van der Waals surface area contributed by atoms with E-state index in [0.717, 1.165) is 0 Å². The maximum absolute atomic E-state index is 13.4. The molecule has 0 amide bonds. The highest BCUT2D eigenvalue weighted by atomic mass is 35.5. The molecule has 110 valence electrons. The Hall–Kier alpha value is -1.95. The molecule has 0 bridgehead atoms. The van der Waals surface area contributed by atoms with Crippen molar-refractivity contribution in [3.05, 3.63) is 39.3 Å². The van der Waals surface area contributed by atoms with E-state index >= 15 is 0 Å². The number of hydrogen-bond donors (Lipinski definition) is 0. The zero-order chi connectivity index (χ0) is 15.1. The summed E-state index contributed by atoms with van der Waals surface area (Å²) in [7, 11) is 0. The Morgan fingerprint density at radius 3 is 2.90 bits per heavy atom. The van der Waals surface area contributed by atoms with Crippen molar-refractivity contribution >= 4 is 28.6 Å². The molecule has 2 aromatic heterocycles. The summed E-state index contributed by atoms with van der Waals surface area (Å²) in [4.78, 5) is 28.3. The van der Waals surface area contributed by atoms with Gasteiger partial charge in [0, 0.05) is 12.6 Å². The van der Waals surface area contributed by atoms with E-state index in [0.29, 0.717) is 6.42 Å². The zero-order valence-electron chi connectivity index (χ0n) is 11.2. The van der Waals surface area contributed by atoms with Crippen LogP contribution in [0.2, 0.25) is 5.15 Å². The monoisotopic (exact) mass is 310 g/mol. The Morgan fingerprint density at radius 2 is 2.29 bits per heavy atom. The number of aromatic nitrogens is 2. The van der Waals surface area contributed by atoms with Gasteiger partial charge in [0.15, 0.2) is 0 Å². The van der Waals surface area contributed by atoms with Gasteiger partial charge in [-0.25, -0.2) is 14.2 Å². The van der Waals surface area contributed by atoms with Crippen molar-refractivity contribution in [3.63, 3.8) is 0 Å². The summed E-state index contributed by atoms with van der Waals surface area (Å²) in [6.07, 6.45) is 0.636. The number of halogens is 2. The molecular formula is C14H12ClFN2O3. The van der Waals surface area contributed by atoms with Crippen LogP contribution in [0.3, 0.4) is 0 Å². The predicted molar refractivity (Wildman–Crippen MR) is 75.5 cm³/mol. The van der Waals surface area contributed by atoms with Gasteiger partial charge >= 0.3 is 5.97 Å². The standard InChI is InChI=1S/C14H12ClFN2O3/c1-2-21-14(20)8-6-18(10-5-9(10)16)13-7(12(8)19)3-4-11(15)17-13/h3-4,6,9-10H,2,5H2,1H3/t9-,10+/m0/s1. The number of alkyl halides is 1. The second kappa shape index (κ2) is 5.11. The molecule has 7 heteroatoms. The van der Waals surface area contributed by atoms with Gasteiger partial charge in [-0.05, 0) is 19.1 Å². The fraction of sp³-hybridized carbons (Fsp3) is 0.357. The number of esters is 1. The molecular weight excluding hydrogens is 299 g/mol. The van der Waals surface area contributed by atoms with Gasteiger partial charge < -0.3 is 9.30 Å². The number of nitrogens with zero attached hydrogens (tertiary/aromatic N) is 2. The first-order valence-corrected chi connectivity index (χ1v) is 6.93. The van der Waals surface area contributed by atoms with Crippen molar-refractivity contribution in [2.24, 2.45) is 0 Å². The van der Waals surface area contributed by atoms with Crippen LogP contribution in [0.1, 0.15) is 29.7 Å². The van der Waals surface area contributed by atoms with Crippen molar-refractivity contribution in [1.82, 2.24) is 9.55 Å². The summed E-state index contributed by atoms with van der Waals surface area (Å²) in [5, 5.41) is 0.430. The Kier molecular flexibility index (Phi) is 3.41. The van der Waals surface area contributed by atoms with Crippen molar-refractivity contribution in [3.8, 4) is 0 Å². The zero-order valence-corrected chi connectivity index (χ0v) is 11.9. The molecule has 1 fully saturated rings. The first kappa shape index (κ1) is 14.0. The number of carbonyl (C=O) groups excluding carboxylic acids is 1. The van der Waals surface area contributed by atoms with Crippen molar-refractivity contribution < 1.29 is 13.9 Å². The lowest BCUT2D eigenvalue weighted by Crippen LogP contribution is -2.21. The molecule has 2 atom stereocenters. The highest BCUT2D eigenvalue weighted by Crippen LogP contribution is 2.40. The van der Waals surface area contributed by atoms with Gasteiger partial charge in [0.25, 0.3) is 0 Å². The number of ether oxygens (including phenoxy) is 1. The van der Waals surface area contributed by atoms with Gasteiger partial charge in [0.05, 0.1) is 18.0 Å². The lowest BCUT2D eigenvalue weighted by molar-refractivity contribution is 0.0524. The van der Waals surface area contributed by atoms with Crippen molar-refractivity contribution in [2.75, 3.05) is 6.61 Å². The van der Waals surface area contributed by atoms with Gasteiger partial charge in [-0.3, -0.25) is 4.79 Å². The maximum atomic E-state index is 13.4. The Balaban J connectivity index is 2.27. The number of fused-ring (bicyclic) bond motifs is 1. The Labute approximate surface area is 124 Å². The molecule has 0 aromatic carbocycles. The second-order valence-electron chi connectivity index (χ2n) is 4.82. The molecule has 1 aliphatic carbocycles. The van der Waals surface area contributed by atoms with E-state index in [4.69, 9.17) is 16.3 Å². The summed E-state index contributed by atoms with van der Waals surface area (Å²) in [5.74, 6) is -0.718. The smallest absolute Gasteiger partial charge is 0.343 e. The van der Waals surface area contributed by atoms with Gasteiger partial charge in [-0.2, -0.15) is 0 Å². The minimum absolute atomic E-state index is 0.118. The van der Waals surface area contributed by atoms with Crippen molar-refractivity contribution in [2.45, 2.75) is 25.6 Å². The average molecular weight is 311 g/mol. The maximum Gasteiger partial charge on any atom is 0.343 e. The SMILES string of the molecule is CCOC(=O)c1cn([C@@H]2C[C@@H]2F)c2nc(Cl)ccc2c1=O. The van der Waals surface area contributed by atoms with Crippen LogP contribution < -0.4 is 5.43 Å². The molecule has 0 saturated heterocycles. The predicted octanol–water partition coefficient (Wildman–Crippen LogP) is 2.51. The van der Waals surface area contributed by atoms with Crippen LogP contribution in [0.25, 0.3) is 11.0 Å². The molecule has 0 radical (unpaired) electrons. The fourth-order valence-electron chi connectivity index (χ4n) is 2.25. The summed E-state index contributed by atoms with van der Waals surface area (Å²) in [5.41, 5.74) is -0.321. The summed E-state index contributed by atoms with van der Waals surface area (Å²) >= 11 is 5.84. The van der Waals surface area contributed by atoms with E-state index in [-0.39, 0.29) is 28.4 Å². The second-order valence-corrected chi connectivity index (χ2v) is 5.21. The molecule has 1 saturated carbocycles. The van der Waals surface area contributed by atoms with E-state index in [1.54, 1.807) is 6.92 Å². The quantitative estimate of drug-likeness (QED) is 0.645. The van der Waals surface area contributed by atoms with Gasteiger partial charge in [0.2, 0.25) is 5.43 Å². The number of hydrogen-bond acceptors (Lipinski definition) is 4. The highest BCUT2D eigenvalue weighted by Gasteiger charge is 2.40. The van der Waals surface area contributed by atoms with Crippen LogP contribution in [0.5, 0.6) is 0 Å². The lowest BCUT2D eigenvalue weighted by atomic mass is 10.2. The van der Waals surface area contributed by atoms with Gasteiger partial charge in [-0.15, -0.1) is 0 Å². The third-order valence-corrected chi connectivity index (χ3v) is 3.59. The fourth-order valence-corrected chi connectivity index (χ4v) is 2.39. The van der Waals surface area contributed by atoms with Gasteiger partial charge in [0.1, 0.15) is 22.5 Å². The first-order valence-electron chi connectivity index (χ1n) is 6.55. The van der Waals surface area contributed by atoms with E-state index in [1.165, 1.54) is 22.9 Å². The van der Waals surface area contributed by atoms with Crippen LogP contribution in [0, 0.1) is 0 Å². The molecule has 2 aromatic rings.